The molecule has 0 aliphatic rings. The Balaban J connectivity index is 5.68. The lowest BCUT2D eigenvalue weighted by molar-refractivity contribution is -0.161. The molecular formula is C95H144O17P2. The molecule has 3 N–H and O–H groups in total. The molecule has 0 saturated heterocycles. The first-order valence-corrected chi connectivity index (χ1v) is 44.9. The second kappa shape index (κ2) is 83.5. The molecule has 114 heavy (non-hydrogen) atoms. The van der Waals surface area contributed by atoms with Gasteiger partial charge in [-0.1, -0.05) is 309 Å². The van der Waals surface area contributed by atoms with Gasteiger partial charge in [-0.25, -0.2) is 9.13 Å². The van der Waals surface area contributed by atoms with E-state index in [0.29, 0.717) is 51.4 Å². The second-order valence-electron chi connectivity index (χ2n) is 26.6. The van der Waals surface area contributed by atoms with Crippen LogP contribution in [0.2, 0.25) is 0 Å². The molecule has 0 spiro atoms. The predicted octanol–water partition coefficient (Wildman–Crippen LogP) is 25.3. The van der Waals surface area contributed by atoms with Gasteiger partial charge in [0.1, 0.15) is 19.3 Å². The van der Waals surface area contributed by atoms with E-state index in [4.69, 9.17) is 37.0 Å². The topological polar surface area (TPSA) is 237 Å². The van der Waals surface area contributed by atoms with Crippen LogP contribution in [0.4, 0.5) is 0 Å². The maximum Gasteiger partial charge on any atom is 0.472 e. The third-order valence-electron chi connectivity index (χ3n) is 16.0. The number of phosphoric ester groups is 2. The van der Waals surface area contributed by atoms with Gasteiger partial charge in [0.05, 0.1) is 26.4 Å². The number of rotatable bonds is 75. The van der Waals surface area contributed by atoms with E-state index in [2.05, 4.69) is 216 Å². The predicted molar refractivity (Wildman–Crippen MR) is 472 cm³/mol. The summed E-state index contributed by atoms with van der Waals surface area (Å²) in [5, 5.41) is 10.7. The quantitative estimate of drug-likeness (QED) is 0.0169. The zero-order valence-electron chi connectivity index (χ0n) is 69.6. The minimum Gasteiger partial charge on any atom is -0.462 e. The van der Waals surface area contributed by atoms with E-state index in [1.165, 1.54) is 38.5 Å². The molecule has 19 heteroatoms. The van der Waals surface area contributed by atoms with Crippen molar-refractivity contribution in [1.82, 2.24) is 0 Å². The van der Waals surface area contributed by atoms with Crippen LogP contribution in [-0.4, -0.2) is 96.7 Å². The molecule has 0 amide bonds. The smallest absolute Gasteiger partial charge is 0.462 e. The van der Waals surface area contributed by atoms with E-state index in [-0.39, 0.29) is 25.7 Å². The zero-order chi connectivity index (χ0) is 83.1. The lowest BCUT2D eigenvalue weighted by Gasteiger charge is -2.21. The molecule has 0 aliphatic carbocycles. The van der Waals surface area contributed by atoms with Crippen LogP contribution in [-0.2, 0) is 65.4 Å². The number of carbonyl (C=O) groups is 4. The Morgan fingerprint density at radius 1 is 0.254 bits per heavy atom. The first-order chi connectivity index (χ1) is 55.7. The van der Waals surface area contributed by atoms with Crippen molar-refractivity contribution in [3.63, 3.8) is 0 Å². The molecule has 0 bridgehead atoms. The molecule has 0 aromatic carbocycles. The number of phosphoric acid groups is 2. The van der Waals surface area contributed by atoms with Crippen molar-refractivity contribution in [2.75, 3.05) is 39.6 Å². The van der Waals surface area contributed by atoms with Crippen LogP contribution in [0.3, 0.4) is 0 Å². The van der Waals surface area contributed by atoms with E-state index < -0.39 is 97.5 Å². The maximum atomic E-state index is 13.1. The molecule has 0 aliphatic heterocycles. The summed E-state index contributed by atoms with van der Waals surface area (Å²) in [5.41, 5.74) is 0. The highest BCUT2D eigenvalue weighted by atomic mass is 31.2. The molecule has 5 atom stereocenters. The number of esters is 4. The zero-order valence-corrected chi connectivity index (χ0v) is 71.4. The van der Waals surface area contributed by atoms with Crippen molar-refractivity contribution in [3.05, 3.63) is 255 Å². The van der Waals surface area contributed by atoms with Gasteiger partial charge in [-0.05, 0) is 180 Å². The van der Waals surface area contributed by atoms with Gasteiger partial charge in [0.15, 0.2) is 12.2 Å². The first-order valence-electron chi connectivity index (χ1n) is 41.9. The molecule has 2 unspecified atom stereocenters. The summed E-state index contributed by atoms with van der Waals surface area (Å²) in [6, 6.07) is 0. The van der Waals surface area contributed by atoms with Gasteiger partial charge < -0.3 is 33.8 Å². The third-order valence-corrected chi connectivity index (χ3v) is 17.9. The minimum atomic E-state index is -5.05. The van der Waals surface area contributed by atoms with Crippen LogP contribution < -0.4 is 0 Å². The van der Waals surface area contributed by atoms with Crippen molar-refractivity contribution in [2.24, 2.45) is 0 Å². The second-order valence-corrected chi connectivity index (χ2v) is 29.5. The molecule has 0 aromatic rings. The third kappa shape index (κ3) is 82.6. The molecule has 0 radical (unpaired) electrons. The molecular weight excluding hydrogens is 1470 g/mol. The number of allylic oxidation sites excluding steroid dienone is 42. The summed E-state index contributed by atoms with van der Waals surface area (Å²) in [7, 11) is -10.1. The molecule has 0 heterocycles. The Morgan fingerprint density at radius 2 is 0.465 bits per heavy atom. The Kier molecular flexibility index (Phi) is 78.1. The highest BCUT2D eigenvalue weighted by Gasteiger charge is 2.30. The van der Waals surface area contributed by atoms with Crippen molar-refractivity contribution in [3.8, 4) is 0 Å². The highest BCUT2D eigenvalue weighted by molar-refractivity contribution is 7.47. The fourth-order valence-corrected chi connectivity index (χ4v) is 11.3. The number of hydrogen-bond donors (Lipinski definition) is 3. The maximum absolute atomic E-state index is 13.1. The molecule has 0 rings (SSSR count). The highest BCUT2D eigenvalue weighted by Crippen LogP contribution is 2.45. The van der Waals surface area contributed by atoms with Gasteiger partial charge in [-0.15, -0.1) is 0 Å². The Bertz CT molecular complexity index is 3170. The molecule has 0 aromatic heterocycles. The van der Waals surface area contributed by atoms with E-state index in [1.807, 2.05) is 66.8 Å². The van der Waals surface area contributed by atoms with Gasteiger partial charge >= 0.3 is 39.5 Å². The average Bonchev–Trinajstić information content (AvgIpc) is 0.899. The number of hydrogen-bond acceptors (Lipinski definition) is 15. The van der Waals surface area contributed by atoms with E-state index in [1.54, 1.807) is 0 Å². The number of aliphatic hydroxyl groups excluding tert-OH is 1. The van der Waals surface area contributed by atoms with Gasteiger partial charge in [-0.3, -0.25) is 37.3 Å². The number of carbonyl (C=O) groups excluding carboxylic acids is 4. The van der Waals surface area contributed by atoms with Crippen molar-refractivity contribution < 1.29 is 80.2 Å². The Labute approximate surface area is 688 Å². The summed E-state index contributed by atoms with van der Waals surface area (Å²) < 4.78 is 68.4. The van der Waals surface area contributed by atoms with Crippen molar-refractivity contribution in [2.45, 2.75) is 277 Å². The Morgan fingerprint density at radius 3 is 0.719 bits per heavy atom. The largest absolute Gasteiger partial charge is 0.472 e. The summed E-state index contributed by atoms with van der Waals surface area (Å²) in [5.74, 6) is -2.57. The summed E-state index contributed by atoms with van der Waals surface area (Å²) in [6.07, 6.45) is 112. The lowest BCUT2D eigenvalue weighted by Crippen LogP contribution is -2.30. The van der Waals surface area contributed by atoms with Crippen LogP contribution in [0.15, 0.2) is 255 Å². The SMILES string of the molecule is CC/C=C\C/C=C\C/C=C\C/C=C\C/C=C\C/C=C\CCC(=O)OC[C@H](COP(=O)(O)OC[C@@H](O)COP(=O)(O)OC[C@@H](COC(=O)CCC/C=C\C/C=C\C/C=C\C/C=C\CCCCC)OC(=O)CC/C=C\C/C=C\C/C=C\C/C=C\C/C=C\CCCCC)OC(=O)CC/C=C\C/C=C\C/C=C\C/C=C\C/C=C\C/C=C\CC. The van der Waals surface area contributed by atoms with Gasteiger partial charge in [0, 0.05) is 25.7 Å². The summed E-state index contributed by atoms with van der Waals surface area (Å²) in [4.78, 5) is 73.1. The van der Waals surface area contributed by atoms with Gasteiger partial charge in [0.25, 0.3) is 0 Å². The summed E-state index contributed by atoms with van der Waals surface area (Å²) >= 11 is 0. The van der Waals surface area contributed by atoms with E-state index in [9.17, 15) is 43.2 Å². The first kappa shape index (κ1) is 107. The molecule has 0 fully saturated rings. The monoisotopic (exact) mass is 1620 g/mol. The standard InChI is InChI=1S/C95H144O17P2/c1-5-9-13-17-21-25-29-33-37-41-44-48-52-56-60-64-68-72-76-80-93(98)106-86-91(112-95(100)82-78-74-70-66-62-58-54-50-46-43-39-35-31-27-23-19-15-11-7-3)88-110-114(103,104)108-84-89(96)83-107-113(101,102)109-87-90(85-105-92(97)79-75-71-67-63-59-55-51-47-40-36-32-28-24-20-16-12-8-4)111-94(99)81-77-73-69-65-61-57-53-49-45-42-38-34-30-26-22-18-14-10-6-2/h9,11,13,15,21-28,33-40,44-46,48-51,55-58,60-63,67-70,72-74,89-91,96H,5-8,10,12,14,16-20,29-32,41-43,47,52-54,59,64-66,71,75-88H2,1-4H3,(H,101,102)(H,103,104)/b13-9-,15-11-,25-21-,26-22-,27-23-,28-24-,37-33-,38-34-,39-35-,40-36-,48-44-,49-45-,50-46-,55-51-,60-56-,61-57-,62-58-,67-63-,72-68-,73-69-,74-70-/t89-,90+,91+/m0/s1. The fourth-order valence-electron chi connectivity index (χ4n) is 9.72. The van der Waals surface area contributed by atoms with Gasteiger partial charge in [-0.2, -0.15) is 0 Å². The normalized spacial score (nSPS) is 15.0. The van der Waals surface area contributed by atoms with Crippen LogP contribution in [0.1, 0.15) is 259 Å². The van der Waals surface area contributed by atoms with E-state index in [0.717, 1.165) is 116 Å². The van der Waals surface area contributed by atoms with Crippen LogP contribution in [0.5, 0.6) is 0 Å². The fraction of sp³-hybridized carbons (Fsp3) is 0.516. The van der Waals surface area contributed by atoms with Crippen LogP contribution in [0, 0.1) is 0 Å². The molecule has 0 saturated carbocycles. The summed E-state index contributed by atoms with van der Waals surface area (Å²) in [6.45, 7) is 4.22. The molecule has 17 nitrogen and oxygen atoms in total. The number of ether oxygens (including phenoxy) is 4. The van der Waals surface area contributed by atoms with Crippen molar-refractivity contribution in [1.29, 1.82) is 0 Å². The molecule has 636 valence electrons. The van der Waals surface area contributed by atoms with Gasteiger partial charge in [0.2, 0.25) is 0 Å². The van der Waals surface area contributed by atoms with Crippen molar-refractivity contribution >= 4 is 39.5 Å². The number of aliphatic hydroxyl groups is 1. The number of unbranched alkanes of at least 4 members (excludes halogenated alkanes) is 7. The minimum absolute atomic E-state index is 0.00487. The van der Waals surface area contributed by atoms with E-state index >= 15 is 0 Å². The Hall–Kier alpha value is -7.40. The van der Waals surface area contributed by atoms with Crippen LogP contribution in [0.25, 0.3) is 0 Å². The average molecular weight is 1620 g/mol. The lowest BCUT2D eigenvalue weighted by atomic mass is 10.2. The van der Waals surface area contributed by atoms with Crippen LogP contribution >= 0.6 is 15.6 Å².